The first kappa shape index (κ1) is 21.0. The number of nitrogen functional groups attached to an aromatic ring is 1. The quantitative estimate of drug-likeness (QED) is 0.553. The summed E-state index contributed by atoms with van der Waals surface area (Å²) in [5, 5.41) is 10.8. The van der Waals surface area contributed by atoms with Gasteiger partial charge in [0.05, 0.1) is 18.4 Å². The number of anilines is 1. The van der Waals surface area contributed by atoms with Crippen molar-refractivity contribution in [3.63, 3.8) is 0 Å². The number of carbonyl (C=O) groups excluding carboxylic acids is 1. The van der Waals surface area contributed by atoms with Crippen molar-refractivity contribution < 1.29 is 13.2 Å². The van der Waals surface area contributed by atoms with E-state index in [9.17, 15) is 13.2 Å². The number of allylic oxidation sites excluding steroid dienone is 1. The second-order valence-electron chi connectivity index (χ2n) is 9.03. The standard InChI is InChI=1S/C21H23N9O3S/c1-34(32,33)17-16(27-20-15(11-4-5-23-8-11)9-26-30(20)18(17)22)12-6-13-2-3-14(7-12)29(13)21(31)19-24-10-25-28-19/h4,8-10,12-14H,2-3,5-7,22H2,1H3,(H,24,25,28)/t12?,13-,14+. The molecule has 6 rings (SSSR count). The molecular formula is C21H23N9O3S. The van der Waals surface area contributed by atoms with Gasteiger partial charge in [-0.15, -0.1) is 0 Å². The van der Waals surface area contributed by atoms with E-state index in [1.807, 2.05) is 11.0 Å². The van der Waals surface area contributed by atoms with Crippen molar-refractivity contribution in [2.75, 3.05) is 18.5 Å². The SMILES string of the molecule is CS(=O)(=O)c1c(C2C[C@H]3CC[C@@H](C2)N3C(=O)c2ncn[nH]2)nc2c(C3=CCN=C3)cnn2c1N. The number of rotatable bonds is 4. The van der Waals surface area contributed by atoms with Crippen LogP contribution in [0.2, 0.25) is 0 Å². The number of aliphatic imine (C=N–C) groups is 1. The molecule has 3 aliphatic rings. The van der Waals surface area contributed by atoms with E-state index in [0.717, 1.165) is 30.2 Å². The lowest BCUT2D eigenvalue weighted by molar-refractivity contribution is 0.0556. The fraction of sp³-hybridized carbons (Fsp3) is 0.429. The molecule has 0 radical (unpaired) electrons. The Hall–Kier alpha value is -3.61. The summed E-state index contributed by atoms with van der Waals surface area (Å²) in [7, 11) is -3.69. The minimum absolute atomic E-state index is 0.0168. The van der Waals surface area contributed by atoms with E-state index in [1.54, 1.807) is 12.4 Å². The zero-order valence-corrected chi connectivity index (χ0v) is 19.2. The average molecular weight is 482 g/mol. The molecule has 2 fully saturated rings. The van der Waals surface area contributed by atoms with Gasteiger partial charge in [0.15, 0.2) is 15.5 Å². The normalized spacial score (nSPS) is 24.2. The second kappa shape index (κ2) is 7.45. The maximum Gasteiger partial charge on any atom is 0.291 e. The van der Waals surface area contributed by atoms with Gasteiger partial charge in [0.25, 0.3) is 5.91 Å². The third kappa shape index (κ3) is 3.14. The first-order valence-corrected chi connectivity index (χ1v) is 13.0. The van der Waals surface area contributed by atoms with Crippen LogP contribution in [-0.4, -0.2) is 80.1 Å². The van der Waals surface area contributed by atoms with Crippen LogP contribution < -0.4 is 5.73 Å². The van der Waals surface area contributed by atoms with Crippen LogP contribution in [0.1, 0.15) is 53.5 Å². The Bertz CT molecular complexity index is 1460. The predicted molar refractivity (Wildman–Crippen MR) is 123 cm³/mol. The summed E-state index contributed by atoms with van der Waals surface area (Å²) in [5.74, 6) is -0.0781. The van der Waals surface area contributed by atoms with E-state index in [4.69, 9.17) is 10.7 Å². The fourth-order valence-corrected chi connectivity index (χ4v) is 6.63. The molecule has 3 N–H and O–H groups in total. The number of fused-ring (bicyclic) bond motifs is 3. The number of carbonyl (C=O) groups is 1. The number of nitrogens with zero attached hydrogens (tertiary/aromatic N) is 7. The molecule has 0 aliphatic carbocycles. The molecule has 1 amide bonds. The van der Waals surface area contributed by atoms with E-state index in [2.05, 4.69) is 25.3 Å². The molecule has 2 bridgehead atoms. The number of amides is 1. The number of hydrogen-bond acceptors (Lipinski definition) is 9. The highest BCUT2D eigenvalue weighted by Crippen LogP contribution is 2.45. The molecular weight excluding hydrogens is 458 g/mol. The van der Waals surface area contributed by atoms with E-state index >= 15 is 0 Å². The van der Waals surface area contributed by atoms with Crippen LogP contribution in [0.4, 0.5) is 5.82 Å². The summed E-state index contributed by atoms with van der Waals surface area (Å²) in [5.41, 5.74) is 8.99. The van der Waals surface area contributed by atoms with E-state index < -0.39 is 9.84 Å². The van der Waals surface area contributed by atoms with Crippen molar-refractivity contribution in [3.05, 3.63) is 35.7 Å². The van der Waals surface area contributed by atoms with Crippen molar-refractivity contribution in [3.8, 4) is 0 Å². The van der Waals surface area contributed by atoms with Crippen LogP contribution in [0.15, 0.2) is 28.5 Å². The lowest BCUT2D eigenvalue weighted by Crippen LogP contribution is -2.46. The highest BCUT2D eigenvalue weighted by Gasteiger charge is 2.46. The van der Waals surface area contributed by atoms with Gasteiger partial charge in [-0.25, -0.2) is 18.4 Å². The molecule has 3 atom stereocenters. The highest BCUT2D eigenvalue weighted by atomic mass is 32.2. The minimum atomic E-state index is -3.69. The predicted octanol–water partition coefficient (Wildman–Crippen LogP) is 0.852. The molecule has 0 aromatic carbocycles. The highest BCUT2D eigenvalue weighted by molar-refractivity contribution is 7.91. The maximum absolute atomic E-state index is 13.0. The van der Waals surface area contributed by atoms with Gasteiger partial charge in [0.2, 0.25) is 5.82 Å². The number of piperidine rings is 1. The molecule has 13 heteroatoms. The zero-order valence-electron chi connectivity index (χ0n) is 18.4. The fourth-order valence-electron chi connectivity index (χ4n) is 5.58. The van der Waals surface area contributed by atoms with Crippen LogP contribution in [0.25, 0.3) is 11.2 Å². The van der Waals surface area contributed by atoms with Crippen molar-refractivity contribution >= 4 is 39.0 Å². The van der Waals surface area contributed by atoms with Crippen LogP contribution in [0.3, 0.4) is 0 Å². The van der Waals surface area contributed by atoms with Crippen LogP contribution in [0, 0.1) is 0 Å². The average Bonchev–Trinajstić information content (AvgIpc) is 3.58. The Morgan fingerprint density at radius 3 is 2.62 bits per heavy atom. The Morgan fingerprint density at radius 1 is 1.24 bits per heavy atom. The van der Waals surface area contributed by atoms with E-state index in [0.29, 0.717) is 30.7 Å². The van der Waals surface area contributed by atoms with Gasteiger partial charge in [-0.2, -0.15) is 14.7 Å². The summed E-state index contributed by atoms with van der Waals surface area (Å²) in [6, 6.07) is -0.0795. The molecule has 6 heterocycles. The number of aromatic nitrogens is 6. The minimum Gasteiger partial charge on any atom is -0.382 e. The van der Waals surface area contributed by atoms with Crippen molar-refractivity contribution in [2.24, 2.45) is 4.99 Å². The number of sulfone groups is 1. The van der Waals surface area contributed by atoms with Gasteiger partial charge < -0.3 is 10.6 Å². The largest absolute Gasteiger partial charge is 0.382 e. The van der Waals surface area contributed by atoms with E-state index in [-0.39, 0.29) is 40.4 Å². The van der Waals surface area contributed by atoms with Gasteiger partial charge >= 0.3 is 0 Å². The number of nitrogens with two attached hydrogens (primary N) is 1. The molecule has 3 aliphatic heterocycles. The van der Waals surface area contributed by atoms with E-state index in [1.165, 1.54) is 10.8 Å². The molecule has 3 aromatic heterocycles. The summed E-state index contributed by atoms with van der Waals surface area (Å²) in [4.78, 5) is 28.0. The maximum atomic E-state index is 13.0. The Labute approximate surface area is 194 Å². The lowest BCUT2D eigenvalue weighted by atomic mass is 9.87. The first-order chi connectivity index (χ1) is 16.3. The van der Waals surface area contributed by atoms with Crippen molar-refractivity contribution in [1.29, 1.82) is 0 Å². The van der Waals surface area contributed by atoms with Crippen molar-refractivity contribution in [1.82, 2.24) is 34.7 Å². The van der Waals surface area contributed by atoms with Gasteiger partial charge in [0.1, 0.15) is 17.0 Å². The molecule has 0 saturated carbocycles. The van der Waals surface area contributed by atoms with Gasteiger partial charge in [-0.05, 0) is 25.7 Å². The summed E-state index contributed by atoms with van der Waals surface area (Å²) in [6.45, 7) is 0.581. The number of nitrogens with one attached hydrogen (secondary N) is 1. The summed E-state index contributed by atoms with van der Waals surface area (Å²) in [6.07, 6.45) is 10.7. The third-order valence-electron chi connectivity index (χ3n) is 6.96. The van der Waals surface area contributed by atoms with Crippen LogP contribution >= 0.6 is 0 Å². The zero-order chi connectivity index (χ0) is 23.6. The van der Waals surface area contributed by atoms with Gasteiger partial charge in [-0.1, -0.05) is 6.08 Å². The van der Waals surface area contributed by atoms with Gasteiger partial charge in [-0.3, -0.25) is 14.9 Å². The van der Waals surface area contributed by atoms with Crippen LogP contribution in [-0.2, 0) is 9.84 Å². The summed E-state index contributed by atoms with van der Waals surface area (Å²) < 4.78 is 27.1. The number of hydrogen-bond donors (Lipinski definition) is 2. The third-order valence-corrected chi connectivity index (χ3v) is 8.12. The molecule has 1 unspecified atom stereocenters. The molecule has 2 saturated heterocycles. The number of H-pyrrole nitrogens is 1. The van der Waals surface area contributed by atoms with Crippen molar-refractivity contribution in [2.45, 2.75) is 48.6 Å². The van der Waals surface area contributed by atoms with Crippen LogP contribution in [0.5, 0.6) is 0 Å². The Kier molecular flexibility index (Phi) is 4.59. The lowest BCUT2D eigenvalue weighted by Gasteiger charge is -2.38. The Balaban J connectivity index is 1.44. The van der Waals surface area contributed by atoms with Gasteiger partial charge in [0, 0.05) is 41.6 Å². The topological polar surface area (TPSA) is 165 Å². The summed E-state index contributed by atoms with van der Waals surface area (Å²) >= 11 is 0. The molecule has 176 valence electrons. The monoisotopic (exact) mass is 481 g/mol. The molecule has 12 nitrogen and oxygen atoms in total. The smallest absolute Gasteiger partial charge is 0.291 e. The first-order valence-electron chi connectivity index (χ1n) is 11.1. The second-order valence-corrected chi connectivity index (χ2v) is 11.0. The molecule has 34 heavy (non-hydrogen) atoms. The number of aromatic amines is 1. The Morgan fingerprint density at radius 2 is 2.00 bits per heavy atom. The molecule has 0 spiro atoms. The molecule has 3 aromatic rings.